The first-order valence-corrected chi connectivity index (χ1v) is 7.70. The van der Waals surface area contributed by atoms with Crippen LogP contribution in [0.3, 0.4) is 0 Å². The van der Waals surface area contributed by atoms with Crippen LogP contribution in [0.1, 0.15) is 39.0 Å². The second-order valence-corrected chi connectivity index (χ2v) is 7.57. The Hall–Kier alpha value is 0.170. The first-order chi connectivity index (χ1) is 7.81. The maximum absolute atomic E-state index is 6.03. The lowest BCUT2D eigenvalue weighted by Gasteiger charge is -2.21. The van der Waals surface area contributed by atoms with Crippen molar-refractivity contribution in [2.24, 2.45) is 0 Å². The minimum absolute atomic E-state index is 0.155. The summed E-state index contributed by atoms with van der Waals surface area (Å²) in [5, 5.41) is 3.51. The zero-order valence-corrected chi connectivity index (χ0v) is 13.9. The van der Waals surface area contributed by atoms with Gasteiger partial charge in [0.2, 0.25) is 0 Å². The molecule has 0 aliphatic heterocycles. The molecule has 1 nitrogen and oxygen atoms in total. The third-order valence-electron chi connectivity index (χ3n) is 2.31. The van der Waals surface area contributed by atoms with Gasteiger partial charge < -0.3 is 5.32 Å². The summed E-state index contributed by atoms with van der Waals surface area (Å²) < 4.78 is 1.80. The van der Waals surface area contributed by atoms with Crippen LogP contribution < -0.4 is 5.32 Å². The molecule has 0 fully saturated rings. The molecular weight excluding hydrogens is 318 g/mol. The standard InChI is InChI=1S/C13H19BrClNS/c1-5-9(8-16-13(2,3)4)6-10-7-11(14)12(15)17-10/h6-7,16H,5,8H2,1-4H3. The van der Waals surface area contributed by atoms with E-state index in [-0.39, 0.29) is 5.54 Å². The van der Waals surface area contributed by atoms with E-state index in [4.69, 9.17) is 11.6 Å². The Morgan fingerprint density at radius 3 is 2.59 bits per heavy atom. The Kier molecular flexibility index (Phi) is 5.71. The molecule has 0 amide bonds. The van der Waals surface area contributed by atoms with Crippen molar-refractivity contribution >= 4 is 44.9 Å². The first-order valence-electron chi connectivity index (χ1n) is 5.71. The molecule has 0 aliphatic carbocycles. The molecule has 0 aliphatic rings. The SMILES string of the molecule is CCC(=Cc1cc(Br)c(Cl)s1)CNC(C)(C)C. The quantitative estimate of drug-likeness (QED) is 0.782. The molecule has 1 aromatic rings. The van der Waals surface area contributed by atoms with Gasteiger partial charge in [-0.3, -0.25) is 0 Å². The molecule has 0 aromatic carbocycles. The highest BCUT2D eigenvalue weighted by molar-refractivity contribution is 9.10. The topological polar surface area (TPSA) is 12.0 Å². The largest absolute Gasteiger partial charge is 0.308 e. The van der Waals surface area contributed by atoms with E-state index in [1.807, 2.05) is 0 Å². The van der Waals surface area contributed by atoms with Crippen molar-refractivity contribution in [3.63, 3.8) is 0 Å². The van der Waals surface area contributed by atoms with E-state index < -0.39 is 0 Å². The zero-order chi connectivity index (χ0) is 13.1. The molecule has 1 rings (SSSR count). The van der Waals surface area contributed by atoms with E-state index in [1.165, 1.54) is 10.5 Å². The van der Waals surface area contributed by atoms with Crippen LogP contribution in [0, 0.1) is 0 Å². The lowest BCUT2D eigenvalue weighted by molar-refractivity contribution is 0.443. The molecule has 0 spiro atoms. The monoisotopic (exact) mass is 335 g/mol. The van der Waals surface area contributed by atoms with Gasteiger partial charge >= 0.3 is 0 Å². The maximum atomic E-state index is 6.03. The second kappa shape index (κ2) is 6.37. The number of thiophene rings is 1. The van der Waals surface area contributed by atoms with Gasteiger partial charge in [-0.15, -0.1) is 11.3 Å². The van der Waals surface area contributed by atoms with Crippen molar-refractivity contribution in [3.8, 4) is 0 Å². The van der Waals surface area contributed by atoms with E-state index in [0.29, 0.717) is 0 Å². The van der Waals surface area contributed by atoms with Crippen molar-refractivity contribution in [2.75, 3.05) is 6.54 Å². The summed E-state index contributed by atoms with van der Waals surface area (Å²) in [5.41, 5.74) is 1.55. The highest BCUT2D eigenvalue weighted by Gasteiger charge is 2.09. The fraction of sp³-hybridized carbons (Fsp3) is 0.538. The summed E-state index contributed by atoms with van der Waals surface area (Å²) in [6.45, 7) is 9.64. The van der Waals surface area contributed by atoms with Crippen molar-refractivity contribution in [3.05, 3.63) is 25.3 Å². The second-order valence-electron chi connectivity index (χ2n) is 5.03. The highest BCUT2D eigenvalue weighted by Crippen LogP contribution is 2.33. The summed E-state index contributed by atoms with van der Waals surface area (Å²) in [4.78, 5) is 1.20. The van der Waals surface area contributed by atoms with E-state index >= 15 is 0 Å². The molecule has 0 unspecified atom stereocenters. The predicted octanol–water partition coefficient (Wildman–Crippen LogP) is 5.35. The van der Waals surface area contributed by atoms with Crippen LogP contribution in [0.25, 0.3) is 6.08 Å². The molecule has 0 saturated heterocycles. The van der Waals surface area contributed by atoms with Crippen molar-refractivity contribution in [1.82, 2.24) is 5.32 Å². The molecular formula is C13H19BrClNS. The van der Waals surface area contributed by atoms with Crippen molar-refractivity contribution in [2.45, 2.75) is 39.7 Å². The molecule has 96 valence electrons. The Bertz CT molecular complexity index is 385. The normalized spacial score (nSPS) is 13.2. The third-order valence-corrected chi connectivity index (χ3v) is 4.73. The highest BCUT2D eigenvalue weighted by atomic mass is 79.9. The minimum Gasteiger partial charge on any atom is -0.308 e. The van der Waals surface area contributed by atoms with Crippen LogP contribution in [0.4, 0.5) is 0 Å². The molecule has 0 atom stereocenters. The van der Waals surface area contributed by atoms with Gasteiger partial charge in [0, 0.05) is 21.4 Å². The maximum Gasteiger partial charge on any atom is 0.108 e. The Morgan fingerprint density at radius 2 is 2.18 bits per heavy atom. The number of hydrogen-bond acceptors (Lipinski definition) is 2. The van der Waals surface area contributed by atoms with E-state index in [9.17, 15) is 0 Å². The lowest BCUT2D eigenvalue weighted by Crippen LogP contribution is -2.36. The van der Waals surface area contributed by atoms with Crippen LogP contribution in [0.15, 0.2) is 16.1 Å². The Labute approximate surface area is 121 Å². The van der Waals surface area contributed by atoms with Gasteiger partial charge in [-0.05, 0) is 55.3 Å². The average molecular weight is 337 g/mol. The minimum atomic E-state index is 0.155. The molecule has 1 heterocycles. The van der Waals surface area contributed by atoms with Crippen molar-refractivity contribution in [1.29, 1.82) is 0 Å². The average Bonchev–Trinajstić information content (AvgIpc) is 2.51. The van der Waals surface area contributed by atoms with Crippen molar-refractivity contribution < 1.29 is 0 Å². The molecule has 4 heteroatoms. The summed E-state index contributed by atoms with van der Waals surface area (Å²) in [7, 11) is 0. The smallest absolute Gasteiger partial charge is 0.108 e. The molecule has 0 saturated carbocycles. The van der Waals surface area contributed by atoms with Crippen LogP contribution in [-0.4, -0.2) is 12.1 Å². The number of hydrogen-bond donors (Lipinski definition) is 1. The van der Waals surface area contributed by atoms with E-state index in [0.717, 1.165) is 21.8 Å². The fourth-order valence-electron chi connectivity index (χ4n) is 1.29. The summed E-state index contributed by atoms with van der Waals surface area (Å²) in [6, 6.07) is 2.07. The Morgan fingerprint density at radius 1 is 1.53 bits per heavy atom. The van der Waals surface area contributed by atoms with Gasteiger partial charge in [0.1, 0.15) is 4.34 Å². The summed E-state index contributed by atoms with van der Waals surface area (Å²) >= 11 is 11.1. The Balaban J connectivity index is 2.73. The molecule has 17 heavy (non-hydrogen) atoms. The fourth-order valence-corrected chi connectivity index (χ4v) is 3.02. The molecule has 1 N–H and O–H groups in total. The van der Waals surface area contributed by atoms with Crippen LogP contribution in [-0.2, 0) is 0 Å². The molecule has 1 aromatic heterocycles. The van der Waals surface area contributed by atoms with Gasteiger partial charge in [0.15, 0.2) is 0 Å². The molecule has 0 bridgehead atoms. The molecule has 0 radical (unpaired) electrons. The van der Waals surface area contributed by atoms with Crippen LogP contribution >= 0.6 is 38.9 Å². The van der Waals surface area contributed by atoms with Crippen LogP contribution in [0.2, 0.25) is 4.34 Å². The van der Waals surface area contributed by atoms with Gasteiger partial charge in [0.25, 0.3) is 0 Å². The van der Waals surface area contributed by atoms with E-state index in [1.54, 1.807) is 11.3 Å². The van der Waals surface area contributed by atoms with Gasteiger partial charge in [0.05, 0.1) is 0 Å². The van der Waals surface area contributed by atoms with Gasteiger partial charge in [-0.25, -0.2) is 0 Å². The number of halogens is 2. The summed E-state index contributed by atoms with van der Waals surface area (Å²) in [5.74, 6) is 0. The first kappa shape index (κ1) is 15.2. The predicted molar refractivity (Wildman–Crippen MR) is 83.1 cm³/mol. The third kappa shape index (κ3) is 5.56. The number of nitrogens with one attached hydrogen (secondary N) is 1. The van der Waals surface area contributed by atoms with E-state index in [2.05, 4.69) is 61.1 Å². The zero-order valence-electron chi connectivity index (χ0n) is 10.7. The summed E-state index contributed by atoms with van der Waals surface area (Å²) in [6.07, 6.45) is 3.27. The number of rotatable bonds is 4. The van der Waals surface area contributed by atoms with Gasteiger partial charge in [-0.2, -0.15) is 0 Å². The lowest BCUT2D eigenvalue weighted by atomic mass is 10.1. The van der Waals surface area contributed by atoms with Crippen LogP contribution in [0.5, 0.6) is 0 Å². The van der Waals surface area contributed by atoms with Gasteiger partial charge in [-0.1, -0.05) is 24.1 Å².